The highest BCUT2D eigenvalue weighted by Crippen LogP contribution is 2.22. The molecule has 2 amide bonds. The number of amides is 2. The van der Waals surface area contributed by atoms with Crippen molar-refractivity contribution in [2.24, 2.45) is 0 Å². The largest absolute Gasteiger partial charge is 0.494 e. The van der Waals surface area contributed by atoms with Crippen LogP contribution in [0.15, 0.2) is 78.0 Å². The van der Waals surface area contributed by atoms with Gasteiger partial charge in [0.05, 0.1) is 11.6 Å². The number of nitrogens with one attached hydrogen (secondary N) is 1. The Bertz CT molecular complexity index is 917. The average Bonchev–Trinajstić information content (AvgIpc) is 2.75. The van der Waals surface area contributed by atoms with Gasteiger partial charge in [0.25, 0.3) is 0 Å². The summed E-state index contributed by atoms with van der Waals surface area (Å²) in [7, 11) is 1.78. The molecule has 0 saturated heterocycles. The number of benzene rings is 2. The third-order valence-electron chi connectivity index (χ3n) is 4.20. The lowest BCUT2D eigenvalue weighted by molar-refractivity contribution is 0.220. The second-order valence-corrected chi connectivity index (χ2v) is 7.52. The quantitative estimate of drug-likeness (QED) is 0.506. The molecule has 1 aromatic heterocycles. The number of hydrogen-bond acceptors (Lipinski definition) is 4. The SMILES string of the molecule is CCOc1ccc(CN(C)C(=O)Nc2cccc(CSc3ccccn3)c2)cc1. The Morgan fingerprint density at radius 2 is 1.90 bits per heavy atom. The minimum absolute atomic E-state index is 0.145. The summed E-state index contributed by atoms with van der Waals surface area (Å²) in [6.45, 7) is 3.12. The number of urea groups is 1. The predicted molar refractivity (Wildman–Crippen MR) is 118 cm³/mol. The zero-order valence-electron chi connectivity index (χ0n) is 16.7. The molecule has 0 unspecified atom stereocenters. The number of aromatic nitrogens is 1. The van der Waals surface area contributed by atoms with E-state index >= 15 is 0 Å². The monoisotopic (exact) mass is 407 g/mol. The van der Waals surface area contributed by atoms with E-state index in [4.69, 9.17) is 4.74 Å². The lowest BCUT2D eigenvalue weighted by Crippen LogP contribution is -2.30. The van der Waals surface area contributed by atoms with Gasteiger partial charge in [0.15, 0.2) is 0 Å². The number of ether oxygens (including phenoxy) is 1. The molecule has 3 aromatic rings. The van der Waals surface area contributed by atoms with Gasteiger partial charge in [-0.2, -0.15) is 0 Å². The van der Waals surface area contributed by atoms with Crippen LogP contribution in [0.5, 0.6) is 5.75 Å². The molecule has 5 nitrogen and oxygen atoms in total. The highest BCUT2D eigenvalue weighted by molar-refractivity contribution is 7.98. The highest BCUT2D eigenvalue weighted by Gasteiger charge is 2.10. The van der Waals surface area contributed by atoms with Crippen LogP contribution in [0, 0.1) is 0 Å². The lowest BCUT2D eigenvalue weighted by atomic mass is 10.2. The Morgan fingerprint density at radius 1 is 1.07 bits per heavy atom. The molecule has 1 heterocycles. The fourth-order valence-corrected chi connectivity index (χ4v) is 3.56. The van der Waals surface area contributed by atoms with Crippen molar-refractivity contribution in [2.75, 3.05) is 19.0 Å². The summed E-state index contributed by atoms with van der Waals surface area (Å²) >= 11 is 1.67. The van der Waals surface area contributed by atoms with Gasteiger partial charge in [-0.1, -0.05) is 30.3 Å². The molecule has 0 saturated carbocycles. The Labute approximate surface area is 176 Å². The number of thioether (sulfide) groups is 1. The number of hydrogen-bond donors (Lipinski definition) is 1. The van der Waals surface area contributed by atoms with E-state index in [1.54, 1.807) is 29.9 Å². The van der Waals surface area contributed by atoms with Crippen molar-refractivity contribution >= 4 is 23.5 Å². The summed E-state index contributed by atoms with van der Waals surface area (Å²) in [5.41, 5.74) is 2.96. The topological polar surface area (TPSA) is 54.5 Å². The smallest absolute Gasteiger partial charge is 0.321 e. The number of carbonyl (C=O) groups excluding carboxylic acids is 1. The molecule has 0 spiro atoms. The molecule has 0 fully saturated rings. The van der Waals surface area contributed by atoms with Crippen molar-refractivity contribution in [2.45, 2.75) is 24.2 Å². The maximum absolute atomic E-state index is 12.6. The van der Waals surface area contributed by atoms with Crippen LogP contribution >= 0.6 is 11.8 Å². The molecule has 0 aliphatic carbocycles. The first-order valence-corrected chi connectivity index (χ1v) is 10.5. The maximum atomic E-state index is 12.6. The van der Waals surface area contributed by atoms with Gasteiger partial charge < -0.3 is 15.0 Å². The number of nitrogens with zero attached hydrogens (tertiary/aromatic N) is 2. The molecule has 0 aliphatic rings. The summed E-state index contributed by atoms with van der Waals surface area (Å²) in [4.78, 5) is 18.5. The zero-order valence-corrected chi connectivity index (χ0v) is 17.5. The van der Waals surface area contributed by atoms with Gasteiger partial charge in [0.2, 0.25) is 0 Å². The standard InChI is InChI=1S/C23H25N3O2S/c1-3-28-21-12-10-18(11-13-21)16-26(2)23(27)25-20-8-6-7-19(15-20)17-29-22-9-4-5-14-24-22/h4-15H,3,16-17H2,1-2H3,(H,25,27). The molecule has 2 aromatic carbocycles. The Kier molecular flexibility index (Phi) is 7.53. The van der Waals surface area contributed by atoms with Gasteiger partial charge in [-0.25, -0.2) is 9.78 Å². The second kappa shape index (κ2) is 10.5. The van der Waals surface area contributed by atoms with Gasteiger partial charge in [-0.3, -0.25) is 0 Å². The molecular weight excluding hydrogens is 382 g/mol. The van der Waals surface area contributed by atoms with Crippen molar-refractivity contribution in [3.63, 3.8) is 0 Å². The molecule has 6 heteroatoms. The summed E-state index contributed by atoms with van der Waals surface area (Å²) in [5, 5.41) is 3.95. The fourth-order valence-electron chi connectivity index (χ4n) is 2.75. The summed E-state index contributed by atoms with van der Waals surface area (Å²) in [6, 6.07) is 21.4. The average molecular weight is 408 g/mol. The van der Waals surface area contributed by atoms with E-state index in [2.05, 4.69) is 16.4 Å². The lowest BCUT2D eigenvalue weighted by Gasteiger charge is -2.18. The number of rotatable bonds is 8. The van der Waals surface area contributed by atoms with Crippen LogP contribution in [-0.4, -0.2) is 29.6 Å². The van der Waals surface area contributed by atoms with Crippen molar-refractivity contribution in [3.8, 4) is 5.75 Å². The van der Waals surface area contributed by atoms with Crippen molar-refractivity contribution in [1.29, 1.82) is 0 Å². The minimum Gasteiger partial charge on any atom is -0.494 e. The van der Waals surface area contributed by atoms with Crippen LogP contribution in [0.3, 0.4) is 0 Å². The van der Waals surface area contributed by atoms with E-state index in [-0.39, 0.29) is 6.03 Å². The zero-order chi connectivity index (χ0) is 20.5. The number of pyridine rings is 1. The van der Waals surface area contributed by atoms with Gasteiger partial charge in [-0.15, -0.1) is 11.8 Å². The molecule has 1 N–H and O–H groups in total. The summed E-state index contributed by atoms with van der Waals surface area (Å²) < 4.78 is 5.45. The van der Waals surface area contributed by atoms with Gasteiger partial charge in [-0.05, 0) is 54.4 Å². The van der Waals surface area contributed by atoms with Gasteiger partial charge in [0.1, 0.15) is 5.75 Å². The third kappa shape index (κ3) is 6.54. The third-order valence-corrected chi connectivity index (χ3v) is 5.22. The maximum Gasteiger partial charge on any atom is 0.321 e. The highest BCUT2D eigenvalue weighted by atomic mass is 32.2. The molecule has 150 valence electrons. The van der Waals surface area contributed by atoms with Gasteiger partial charge in [0, 0.05) is 31.2 Å². The van der Waals surface area contributed by atoms with E-state index < -0.39 is 0 Å². The molecule has 0 radical (unpaired) electrons. The molecule has 0 atom stereocenters. The molecule has 29 heavy (non-hydrogen) atoms. The molecule has 0 aliphatic heterocycles. The van der Waals surface area contributed by atoms with E-state index in [1.807, 2.05) is 67.6 Å². The Hall–Kier alpha value is -2.99. The molecular formula is C23H25N3O2S. The summed E-state index contributed by atoms with van der Waals surface area (Å²) in [5.74, 6) is 1.63. The predicted octanol–water partition coefficient (Wildman–Crippen LogP) is 5.44. The van der Waals surface area contributed by atoms with Crippen LogP contribution in [0.25, 0.3) is 0 Å². The normalized spacial score (nSPS) is 10.4. The van der Waals surface area contributed by atoms with E-state index in [1.165, 1.54) is 0 Å². The number of carbonyl (C=O) groups is 1. The van der Waals surface area contributed by atoms with Crippen LogP contribution in [-0.2, 0) is 12.3 Å². The van der Waals surface area contributed by atoms with Crippen LogP contribution in [0.2, 0.25) is 0 Å². The van der Waals surface area contributed by atoms with Gasteiger partial charge >= 0.3 is 6.03 Å². The van der Waals surface area contributed by atoms with E-state index in [0.29, 0.717) is 13.2 Å². The van der Waals surface area contributed by atoms with Crippen molar-refractivity contribution < 1.29 is 9.53 Å². The van der Waals surface area contributed by atoms with Crippen LogP contribution < -0.4 is 10.1 Å². The molecule has 0 bridgehead atoms. The first kappa shape index (κ1) is 20.7. The number of anilines is 1. The van der Waals surface area contributed by atoms with Crippen LogP contribution in [0.4, 0.5) is 10.5 Å². The first-order valence-electron chi connectivity index (χ1n) is 9.50. The Balaban J connectivity index is 1.54. The first-order chi connectivity index (χ1) is 14.1. The second-order valence-electron chi connectivity index (χ2n) is 6.52. The minimum atomic E-state index is -0.145. The Morgan fingerprint density at radius 3 is 2.62 bits per heavy atom. The van der Waals surface area contributed by atoms with E-state index in [0.717, 1.165) is 33.3 Å². The molecule has 3 rings (SSSR count). The fraction of sp³-hybridized carbons (Fsp3) is 0.217. The van der Waals surface area contributed by atoms with Crippen LogP contribution in [0.1, 0.15) is 18.1 Å². The van der Waals surface area contributed by atoms with Crippen molar-refractivity contribution in [3.05, 3.63) is 84.1 Å². The van der Waals surface area contributed by atoms with Crippen molar-refractivity contribution in [1.82, 2.24) is 9.88 Å². The van der Waals surface area contributed by atoms with E-state index in [9.17, 15) is 4.79 Å². The summed E-state index contributed by atoms with van der Waals surface area (Å²) in [6.07, 6.45) is 1.79.